The van der Waals surface area contributed by atoms with Crippen molar-refractivity contribution in [2.75, 3.05) is 31.1 Å². The molecule has 114 valence electrons. The van der Waals surface area contributed by atoms with Crippen molar-refractivity contribution in [3.05, 3.63) is 22.9 Å². The van der Waals surface area contributed by atoms with Gasteiger partial charge < -0.3 is 15.5 Å². The second-order valence-electron chi connectivity index (χ2n) is 5.98. The highest BCUT2D eigenvalue weighted by Gasteiger charge is 2.22. The molecule has 0 atom stereocenters. The molecule has 21 heavy (non-hydrogen) atoms. The van der Waals surface area contributed by atoms with E-state index in [1.54, 1.807) is 6.92 Å². The van der Waals surface area contributed by atoms with Gasteiger partial charge in [0.1, 0.15) is 5.82 Å². The first-order valence-corrected chi connectivity index (χ1v) is 7.91. The van der Waals surface area contributed by atoms with Gasteiger partial charge in [0, 0.05) is 50.9 Å². The van der Waals surface area contributed by atoms with Crippen LogP contribution in [-0.4, -0.2) is 42.0 Å². The highest BCUT2D eigenvalue weighted by atomic mass is 16.2. The number of aromatic nitrogens is 1. The summed E-state index contributed by atoms with van der Waals surface area (Å²) in [4.78, 5) is 20.7. The van der Waals surface area contributed by atoms with Crippen molar-refractivity contribution in [3.8, 4) is 0 Å². The summed E-state index contributed by atoms with van der Waals surface area (Å²) in [6.45, 7) is 5.59. The van der Waals surface area contributed by atoms with Crippen LogP contribution in [0.5, 0.6) is 0 Å². The number of pyridine rings is 1. The van der Waals surface area contributed by atoms with Crippen molar-refractivity contribution >= 4 is 11.7 Å². The van der Waals surface area contributed by atoms with E-state index in [1.807, 2.05) is 4.90 Å². The lowest BCUT2D eigenvalue weighted by atomic mass is 10.1. The Kier molecular flexibility index (Phi) is 4.10. The highest BCUT2D eigenvalue weighted by Crippen LogP contribution is 2.27. The van der Waals surface area contributed by atoms with Crippen LogP contribution in [0.3, 0.4) is 0 Å². The van der Waals surface area contributed by atoms with E-state index in [4.69, 9.17) is 10.7 Å². The molecular weight excluding hydrogens is 264 g/mol. The number of hydrogen-bond acceptors (Lipinski definition) is 4. The number of aryl methyl sites for hydroxylation is 2. The zero-order valence-corrected chi connectivity index (χ0v) is 12.8. The number of fused-ring (bicyclic) bond motifs is 1. The zero-order chi connectivity index (χ0) is 14.8. The van der Waals surface area contributed by atoms with Gasteiger partial charge in [0.15, 0.2) is 0 Å². The van der Waals surface area contributed by atoms with Gasteiger partial charge in [0.2, 0.25) is 5.91 Å². The van der Waals surface area contributed by atoms with E-state index >= 15 is 0 Å². The molecule has 0 aromatic carbocycles. The van der Waals surface area contributed by atoms with E-state index in [0.29, 0.717) is 6.54 Å². The molecule has 1 aromatic rings. The Labute approximate surface area is 126 Å². The molecule has 1 aromatic heterocycles. The molecule has 5 heteroatoms. The topological polar surface area (TPSA) is 62.5 Å². The first kappa shape index (κ1) is 14.3. The number of nitrogens with zero attached hydrogens (tertiary/aromatic N) is 3. The molecule has 2 heterocycles. The number of rotatable bonds is 2. The van der Waals surface area contributed by atoms with Gasteiger partial charge in [-0.1, -0.05) is 0 Å². The van der Waals surface area contributed by atoms with Gasteiger partial charge >= 0.3 is 0 Å². The minimum atomic E-state index is 0.165. The predicted octanol–water partition coefficient (Wildman–Crippen LogP) is 1.09. The van der Waals surface area contributed by atoms with Crippen molar-refractivity contribution < 1.29 is 4.79 Å². The van der Waals surface area contributed by atoms with Gasteiger partial charge in [-0.15, -0.1) is 0 Å². The van der Waals surface area contributed by atoms with Crippen molar-refractivity contribution in [3.63, 3.8) is 0 Å². The summed E-state index contributed by atoms with van der Waals surface area (Å²) in [5.41, 5.74) is 9.70. The van der Waals surface area contributed by atoms with E-state index in [1.165, 1.54) is 17.7 Å². The number of nitrogens with two attached hydrogens (primary N) is 1. The Bertz CT molecular complexity index is 543. The largest absolute Gasteiger partial charge is 0.354 e. The predicted molar refractivity (Wildman–Crippen MR) is 83.2 cm³/mol. The molecule has 0 bridgehead atoms. The summed E-state index contributed by atoms with van der Waals surface area (Å²) in [6.07, 6.45) is 4.41. The lowest BCUT2D eigenvalue weighted by molar-refractivity contribution is -0.128. The van der Waals surface area contributed by atoms with Crippen LogP contribution in [0.4, 0.5) is 5.82 Å². The van der Waals surface area contributed by atoms with E-state index in [2.05, 4.69) is 11.0 Å². The smallest absolute Gasteiger partial charge is 0.219 e. The highest BCUT2D eigenvalue weighted by molar-refractivity contribution is 5.73. The summed E-state index contributed by atoms with van der Waals surface area (Å²) in [6, 6.07) is 2.25. The molecule has 2 N–H and O–H groups in total. The third-order valence-corrected chi connectivity index (χ3v) is 4.57. The average molecular weight is 288 g/mol. The molecule has 1 aliphatic heterocycles. The summed E-state index contributed by atoms with van der Waals surface area (Å²) >= 11 is 0. The van der Waals surface area contributed by atoms with Gasteiger partial charge in [0.25, 0.3) is 0 Å². The molecule has 5 nitrogen and oxygen atoms in total. The Morgan fingerprint density at radius 1 is 1.24 bits per heavy atom. The molecular formula is C16H24N4O. The Morgan fingerprint density at radius 2 is 2.10 bits per heavy atom. The number of carbonyl (C=O) groups is 1. The molecule has 3 rings (SSSR count). The first-order valence-electron chi connectivity index (χ1n) is 7.91. The molecule has 1 fully saturated rings. The molecule has 0 unspecified atom stereocenters. The molecule has 0 spiro atoms. The molecule has 1 saturated heterocycles. The van der Waals surface area contributed by atoms with Crippen LogP contribution in [0.25, 0.3) is 0 Å². The van der Waals surface area contributed by atoms with Crippen molar-refractivity contribution in [2.24, 2.45) is 5.73 Å². The Hall–Kier alpha value is -1.62. The fourth-order valence-corrected chi connectivity index (χ4v) is 3.38. The van der Waals surface area contributed by atoms with Crippen LogP contribution in [0.2, 0.25) is 0 Å². The minimum Gasteiger partial charge on any atom is -0.354 e. The Balaban J connectivity index is 1.84. The van der Waals surface area contributed by atoms with E-state index in [-0.39, 0.29) is 5.91 Å². The van der Waals surface area contributed by atoms with Crippen LogP contribution in [0.15, 0.2) is 6.07 Å². The molecule has 2 aliphatic rings. The van der Waals surface area contributed by atoms with E-state index in [0.717, 1.165) is 56.8 Å². The lowest BCUT2D eigenvalue weighted by Gasteiger charge is -2.25. The van der Waals surface area contributed by atoms with Gasteiger partial charge in [0.05, 0.1) is 0 Å². The number of hydrogen-bond donors (Lipinski definition) is 1. The van der Waals surface area contributed by atoms with Crippen molar-refractivity contribution in [2.45, 2.75) is 39.2 Å². The third-order valence-electron chi connectivity index (χ3n) is 4.57. The SMILES string of the molecule is CC(=O)N1CCCN(c2nc3c(cc2CN)CCC3)CC1. The number of anilines is 1. The minimum absolute atomic E-state index is 0.165. The van der Waals surface area contributed by atoms with Gasteiger partial charge in [-0.25, -0.2) is 4.98 Å². The van der Waals surface area contributed by atoms with Crippen molar-refractivity contribution in [1.82, 2.24) is 9.88 Å². The molecule has 1 amide bonds. The van der Waals surface area contributed by atoms with E-state index < -0.39 is 0 Å². The maximum atomic E-state index is 11.5. The second-order valence-corrected chi connectivity index (χ2v) is 5.98. The summed E-state index contributed by atoms with van der Waals surface area (Å²) in [7, 11) is 0. The van der Waals surface area contributed by atoms with Crippen LogP contribution in [0.1, 0.15) is 36.6 Å². The van der Waals surface area contributed by atoms with E-state index in [9.17, 15) is 4.79 Å². The lowest BCUT2D eigenvalue weighted by Crippen LogP contribution is -2.34. The molecule has 1 aliphatic carbocycles. The third kappa shape index (κ3) is 2.88. The number of carbonyl (C=O) groups excluding carboxylic acids is 1. The van der Waals surface area contributed by atoms with Gasteiger partial charge in [-0.2, -0.15) is 0 Å². The Morgan fingerprint density at radius 3 is 2.86 bits per heavy atom. The maximum Gasteiger partial charge on any atom is 0.219 e. The zero-order valence-electron chi connectivity index (χ0n) is 12.8. The van der Waals surface area contributed by atoms with Crippen LogP contribution in [-0.2, 0) is 24.2 Å². The summed E-state index contributed by atoms with van der Waals surface area (Å²) in [5.74, 6) is 1.21. The van der Waals surface area contributed by atoms with Crippen LogP contribution < -0.4 is 10.6 Å². The monoisotopic (exact) mass is 288 g/mol. The summed E-state index contributed by atoms with van der Waals surface area (Å²) in [5, 5.41) is 0. The van der Waals surface area contributed by atoms with Gasteiger partial charge in [-0.3, -0.25) is 4.79 Å². The number of amides is 1. The van der Waals surface area contributed by atoms with Crippen molar-refractivity contribution in [1.29, 1.82) is 0 Å². The molecule has 0 saturated carbocycles. The first-order chi connectivity index (χ1) is 10.2. The maximum absolute atomic E-state index is 11.5. The fourth-order valence-electron chi connectivity index (χ4n) is 3.38. The van der Waals surface area contributed by atoms with Gasteiger partial charge in [-0.05, 0) is 37.3 Å². The quantitative estimate of drug-likeness (QED) is 0.885. The van der Waals surface area contributed by atoms with Crippen LogP contribution in [0, 0.1) is 0 Å². The second kappa shape index (κ2) is 6.02. The van der Waals surface area contributed by atoms with Crippen LogP contribution >= 0.6 is 0 Å². The average Bonchev–Trinajstić information content (AvgIpc) is 2.79. The standard InChI is InChI=1S/C16H24N4O/c1-12(21)19-6-3-7-20(9-8-19)16-14(11-17)10-13-4-2-5-15(13)18-16/h10H,2-9,11,17H2,1H3. The molecule has 0 radical (unpaired) electrons. The fraction of sp³-hybridized carbons (Fsp3) is 0.625. The normalized spacial score (nSPS) is 18.6. The summed E-state index contributed by atoms with van der Waals surface area (Å²) < 4.78 is 0.